The molecule has 4 heteroatoms. The van der Waals surface area contributed by atoms with Crippen molar-refractivity contribution in [2.45, 2.75) is 9.10 Å². The zero-order valence-electron chi connectivity index (χ0n) is 6.94. The summed E-state index contributed by atoms with van der Waals surface area (Å²) in [5, 5.41) is 10.6. The van der Waals surface area contributed by atoms with E-state index in [-0.39, 0.29) is 0 Å². The van der Waals surface area contributed by atoms with Crippen LogP contribution >= 0.6 is 35.7 Å². The first-order valence-corrected chi connectivity index (χ1v) is 6.19. The van der Waals surface area contributed by atoms with E-state index in [0.717, 1.165) is 13.8 Å². The lowest BCUT2D eigenvalue weighted by Gasteiger charge is -1.99. The van der Waals surface area contributed by atoms with E-state index in [4.69, 9.17) is 0 Å². The largest absolute Gasteiger partial charge is 0.508 e. The predicted molar refractivity (Wildman–Crippen MR) is 62.5 cm³/mol. The Morgan fingerprint density at radius 2 is 2.15 bits per heavy atom. The second-order valence-corrected chi connectivity index (χ2v) is 5.36. The second kappa shape index (κ2) is 3.44. The van der Waals surface area contributed by atoms with Crippen molar-refractivity contribution in [3.05, 3.63) is 18.2 Å². The van der Waals surface area contributed by atoms with Gasteiger partial charge in [0.05, 0.1) is 4.21 Å². The Morgan fingerprint density at radius 3 is 2.85 bits per heavy atom. The van der Waals surface area contributed by atoms with Crippen LogP contribution in [-0.2, 0) is 0 Å². The predicted octanol–water partition coefficient (Wildman–Crippen LogP) is 3.62. The van der Waals surface area contributed by atoms with Gasteiger partial charge in [-0.1, -0.05) is 0 Å². The minimum absolute atomic E-state index is 0.326. The Hall–Kier alpha value is -0.320. The zero-order chi connectivity index (χ0) is 9.42. The maximum absolute atomic E-state index is 9.42. The molecule has 0 aliphatic rings. The Bertz CT molecular complexity index is 447. The first-order valence-electron chi connectivity index (χ1n) is 3.70. The standard InChI is InChI=1S/C9H8OS3/c1-12-7-2-5(10)3-8-6(7)4-9(11)13-8/h2-4,10-11H,1H3. The molecule has 1 nitrogen and oxygen atoms in total. The van der Waals surface area contributed by atoms with Gasteiger partial charge in [0.1, 0.15) is 5.75 Å². The molecule has 0 fully saturated rings. The smallest absolute Gasteiger partial charge is 0.118 e. The van der Waals surface area contributed by atoms with Gasteiger partial charge in [-0.3, -0.25) is 0 Å². The van der Waals surface area contributed by atoms with Crippen molar-refractivity contribution in [3.8, 4) is 5.75 Å². The van der Waals surface area contributed by atoms with E-state index in [1.807, 2.05) is 12.3 Å². The normalized spacial score (nSPS) is 10.9. The molecule has 1 aromatic carbocycles. The lowest BCUT2D eigenvalue weighted by molar-refractivity contribution is 0.475. The van der Waals surface area contributed by atoms with E-state index in [1.54, 1.807) is 35.2 Å². The monoisotopic (exact) mass is 228 g/mol. The van der Waals surface area contributed by atoms with Gasteiger partial charge in [-0.15, -0.1) is 35.7 Å². The van der Waals surface area contributed by atoms with E-state index < -0.39 is 0 Å². The number of aromatic hydroxyl groups is 1. The average molecular weight is 228 g/mol. The van der Waals surface area contributed by atoms with Gasteiger partial charge in [0, 0.05) is 15.0 Å². The van der Waals surface area contributed by atoms with Gasteiger partial charge in [0.15, 0.2) is 0 Å². The Balaban J connectivity index is 2.80. The number of thiophene rings is 1. The van der Waals surface area contributed by atoms with E-state index in [2.05, 4.69) is 12.6 Å². The molecule has 0 atom stereocenters. The number of thioether (sulfide) groups is 1. The number of phenols is 1. The maximum atomic E-state index is 9.42. The fraction of sp³-hybridized carbons (Fsp3) is 0.111. The molecule has 0 spiro atoms. The fourth-order valence-corrected chi connectivity index (χ4v) is 3.23. The number of hydrogen-bond acceptors (Lipinski definition) is 4. The number of fused-ring (bicyclic) bond motifs is 1. The lowest BCUT2D eigenvalue weighted by atomic mass is 10.2. The van der Waals surface area contributed by atoms with Gasteiger partial charge in [-0.25, -0.2) is 0 Å². The van der Waals surface area contributed by atoms with Crippen molar-refractivity contribution >= 4 is 45.8 Å². The Kier molecular flexibility index (Phi) is 2.45. The van der Waals surface area contributed by atoms with Gasteiger partial charge in [-0.2, -0.15) is 0 Å². The Labute approximate surface area is 90.2 Å². The molecule has 0 aliphatic heterocycles. The van der Waals surface area contributed by atoms with Crippen LogP contribution in [0.4, 0.5) is 0 Å². The highest BCUT2D eigenvalue weighted by atomic mass is 32.2. The maximum Gasteiger partial charge on any atom is 0.118 e. The first kappa shape index (κ1) is 9.24. The summed E-state index contributed by atoms with van der Waals surface area (Å²) in [5.41, 5.74) is 0. The molecule has 0 saturated carbocycles. The third kappa shape index (κ3) is 1.66. The minimum Gasteiger partial charge on any atom is -0.508 e. The van der Waals surface area contributed by atoms with Crippen LogP contribution in [-0.4, -0.2) is 11.4 Å². The van der Waals surface area contributed by atoms with Gasteiger partial charge in [-0.05, 0) is 24.5 Å². The van der Waals surface area contributed by atoms with Crippen LogP contribution in [0.2, 0.25) is 0 Å². The summed E-state index contributed by atoms with van der Waals surface area (Å²) in [6, 6.07) is 5.60. The molecule has 1 aromatic heterocycles. The second-order valence-electron chi connectivity index (χ2n) is 2.64. The number of thiol groups is 1. The van der Waals surface area contributed by atoms with Crippen molar-refractivity contribution in [1.82, 2.24) is 0 Å². The summed E-state index contributed by atoms with van der Waals surface area (Å²) in [6.45, 7) is 0. The molecule has 0 unspecified atom stereocenters. The molecule has 1 heterocycles. The minimum atomic E-state index is 0.326. The molecule has 13 heavy (non-hydrogen) atoms. The van der Waals surface area contributed by atoms with Crippen LogP contribution in [0, 0.1) is 0 Å². The number of hydrogen-bond donors (Lipinski definition) is 2. The number of phenolic OH excluding ortho intramolecular Hbond substituents is 1. The molecule has 0 aliphatic carbocycles. The highest BCUT2D eigenvalue weighted by molar-refractivity contribution is 7.98. The summed E-state index contributed by atoms with van der Waals surface area (Å²) < 4.78 is 2.07. The van der Waals surface area contributed by atoms with Crippen LogP contribution in [0.15, 0.2) is 27.3 Å². The molecule has 1 N–H and O–H groups in total. The molecule has 0 saturated heterocycles. The van der Waals surface area contributed by atoms with E-state index in [1.165, 1.54) is 5.39 Å². The highest BCUT2D eigenvalue weighted by Gasteiger charge is 2.05. The summed E-state index contributed by atoms with van der Waals surface area (Å²) in [5.74, 6) is 0.326. The van der Waals surface area contributed by atoms with Crippen LogP contribution in [0.25, 0.3) is 10.1 Å². The topological polar surface area (TPSA) is 20.2 Å². The van der Waals surface area contributed by atoms with Crippen molar-refractivity contribution in [1.29, 1.82) is 0 Å². The lowest BCUT2D eigenvalue weighted by Crippen LogP contribution is -1.71. The van der Waals surface area contributed by atoms with Gasteiger partial charge in [0.25, 0.3) is 0 Å². The average Bonchev–Trinajstić information content (AvgIpc) is 2.43. The van der Waals surface area contributed by atoms with E-state index >= 15 is 0 Å². The summed E-state index contributed by atoms with van der Waals surface area (Å²) in [4.78, 5) is 1.10. The van der Waals surface area contributed by atoms with Crippen LogP contribution < -0.4 is 0 Å². The molecule has 0 bridgehead atoms. The molecular weight excluding hydrogens is 220 g/mol. The quantitative estimate of drug-likeness (QED) is 0.574. The number of benzene rings is 1. The summed E-state index contributed by atoms with van der Waals surface area (Å²) >= 11 is 7.52. The van der Waals surface area contributed by atoms with Gasteiger partial charge < -0.3 is 5.11 Å². The Morgan fingerprint density at radius 1 is 1.38 bits per heavy atom. The first-order chi connectivity index (χ1) is 6.20. The van der Waals surface area contributed by atoms with Crippen LogP contribution in [0.5, 0.6) is 5.75 Å². The fourth-order valence-electron chi connectivity index (χ4n) is 1.25. The van der Waals surface area contributed by atoms with Crippen molar-refractivity contribution in [2.75, 3.05) is 6.26 Å². The zero-order valence-corrected chi connectivity index (χ0v) is 9.47. The number of rotatable bonds is 1. The van der Waals surface area contributed by atoms with E-state index in [9.17, 15) is 5.11 Å². The molecule has 0 amide bonds. The van der Waals surface area contributed by atoms with E-state index in [0.29, 0.717) is 5.75 Å². The van der Waals surface area contributed by atoms with Crippen molar-refractivity contribution in [3.63, 3.8) is 0 Å². The third-order valence-electron chi connectivity index (χ3n) is 1.79. The summed E-state index contributed by atoms with van der Waals surface area (Å²) in [6.07, 6.45) is 2.00. The van der Waals surface area contributed by atoms with Crippen LogP contribution in [0.1, 0.15) is 0 Å². The molecule has 2 aromatic rings. The van der Waals surface area contributed by atoms with Crippen LogP contribution in [0.3, 0.4) is 0 Å². The van der Waals surface area contributed by atoms with Crippen molar-refractivity contribution < 1.29 is 5.11 Å². The third-order valence-corrected chi connectivity index (χ3v) is 3.86. The van der Waals surface area contributed by atoms with Gasteiger partial charge in [0.2, 0.25) is 0 Å². The molecule has 68 valence electrons. The molecule has 2 rings (SSSR count). The van der Waals surface area contributed by atoms with Crippen molar-refractivity contribution in [2.24, 2.45) is 0 Å². The molecular formula is C9H8OS3. The summed E-state index contributed by atoms with van der Waals surface area (Å²) in [7, 11) is 0. The SMILES string of the molecule is CSc1cc(O)cc2sc(S)cc12. The highest BCUT2D eigenvalue weighted by Crippen LogP contribution is 2.37. The van der Waals surface area contributed by atoms with Gasteiger partial charge >= 0.3 is 0 Å². The molecule has 0 radical (unpaired) electrons.